The maximum Gasteiger partial charge on any atom is 0.471 e. The van der Waals surface area contributed by atoms with Crippen LogP contribution in [0.2, 0.25) is 0 Å². The molecule has 0 bridgehead atoms. The van der Waals surface area contributed by atoms with E-state index in [9.17, 15) is 22.8 Å². The Bertz CT molecular complexity index is 341. The molecule has 1 saturated heterocycles. The Morgan fingerprint density at radius 1 is 1.40 bits per heavy atom. The fraction of sp³-hybridized carbons (Fsp3) is 0.818. The van der Waals surface area contributed by atoms with Crippen molar-refractivity contribution in [1.82, 2.24) is 5.32 Å². The molecule has 0 spiro atoms. The minimum Gasteiger partial charge on any atom is -0.467 e. The second kappa shape index (κ2) is 7.44. The Balaban J connectivity index is 2.51. The van der Waals surface area contributed by atoms with Gasteiger partial charge in [-0.05, 0) is 19.3 Å². The van der Waals surface area contributed by atoms with E-state index in [1.165, 1.54) is 5.32 Å². The van der Waals surface area contributed by atoms with Crippen LogP contribution in [0.15, 0.2) is 0 Å². The van der Waals surface area contributed by atoms with Crippen molar-refractivity contribution in [2.45, 2.75) is 37.8 Å². The summed E-state index contributed by atoms with van der Waals surface area (Å²) in [6.45, 7) is 0.0433. The fourth-order valence-corrected chi connectivity index (χ4v) is 1.60. The second-order valence-corrected chi connectivity index (χ2v) is 4.18. The average molecular weight is 299 g/mol. The van der Waals surface area contributed by atoms with Gasteiger partial charge in [0.25, 0.3) is 0 Å². The first kappa shape index (κ1) is 16.7. The quantitative estimate of drug-likeness (QED) is 0.758. The molecule has 0 aromatic rings. The van der Waals surface area contributed by atoms with E-state index in [0.717, 1.165) is 20.0 Å². The molecule has 1 fully saturated rings. The van der Waals surface area contributed by atoms with E-state index in [1.807, 2.05) is 0 Å². The van der Waals surface area contributed by atoms with Gasteiger partial charge in [-0.3, -0.25) is 4.79 Å². The van der Waals surface area contributed by atoms with Crippen molar-refractivity contribution in [3.63, 3.8) is 0 Å². The molecule has 2 unspecified atom stereocenters. The lowest BCUT2D eigenvalue weighted by atomic mass is 10.2. The van der Waals surface area contributed by atoms with Gasteiger partial charge in [0.2, 0.25) is 0 Å². The van der Waals surface area contributed by atoms with Gasteiger partial charge in [-0.25, -0.2) is 4.79 Å². The Morgan fingerprint density at radius 3 is 2.60 bits per heavy atom. The molecule has 9 heteroatoms. The molecular weight excluding hydrogens is 283 g/mol. The SMILES string of the molecule is COC(=O)C(COC1CCCCO1)NC(=O)C(F)(F)F. The molecule has 1 heterocycles. The molecule has 1 rings (SSSR count). The molecule has 1 aliphatic rings. The molecular formula is C11H16F3NO5. The van der Waals surface area contributed by atoms with Crippen molar-refractivity contribution in [1.29, 1.82) is 0 Å². The van der Waals surface area contributed by atoms with Gasteiger partial charge in [-0.1, -0.05) is 0 Å². The third-order valence-corrected chi connectivity index (χ3v) is 2.64. The molecule has 0 aromatic carbocycles. The van der Waals surface area contributed by atoms with Gasteiger partial charge in [-0.2, -0.15) is 13.2 Å². The summed E-state index contributed by atoms with van der Waals surface area (Å²) in [7, 11) is 1.01. The average Bonchev–Trinajstić information content (AvgIpc) is 2.42. The van der Waals surface area contributed by atoms with Gasteiger partial charge in [0.1, 0.15) is 0 Å². The van der Waals surface area contributed by atoms with Crippen molar-refractivity contribution in [3.05, 3.63) is 0 Å². The number of nitrogens with one attached hydrogen (secondary N) is 1. The molecule has 0 aliphatic carbocycles. The molecule has 20 heavy (non-hydrogen) atoms. The maximum absolute atomic E-state index is 12.1. The highest BCUT2D eigenvalue weighted by Gasteiger charge is 2.41. The van der Waals surface area contributed by atoms with Crippen molar-refractivity contribution in [3.8, 4) is 0 Å². The van der Waals surface area contributed by atoms with Gasteiger partial charge in [0, 0.05) is 6.61 Å². The van der Waals surface area contributed by atoms with E-state index >= 15 is 0 Å². The van der Waals surface area contributed by atoms with E-state index in [1.54, 1.807) is 0 Å². The van der Waals surface area contributed by atoms with Gasteiger partial charge < -0.3 is 19.5 Å². The van der Waals surface area contributed by atoms with Crippen LogP contribution in [-0.2, 0) is 23.8 Å². The molecule has 1 amide bonds. The number of esters is 1. The lowest BCUT2D eigenvalue weighted by Crippen LogP contribution is -2.50. The van der Waals surface area contributed by atoms with E-state index in [4.69, 9.17) is 9.47 Å². The summed E-state index contributed by atoms with van der Waals surface area (Å²) < 4.78 is 51.1. The topological polar surface area (TPSA) is 73.9 Å². The molecule has 1 aliphatic heterocycles. The van der Waals surface area contributed by atoms with Crippen LogP contribution in [0.1, 0.15) is 19.3 Å². The Kier molecular flexibility index (Phi) is 6.21. The van der Waals surface area contributed by atoms with Crippen LogP contribution in [0.4, 0.5) is 13.2 Å². The van der Waals surface area contributed by atoms with E-state index in [0.29, 0.717) is 13.0 Å². The zero-order valence-corrected chi connectivity index (χ0v) is 10.9. The number of hydrogen-bond acceptors (Lipinski definition) is 5. The van der Waals surface area contributed by atoms with Crippen molar-refractivity contribution >= 4 is 11.9 Å². The number of halogens is 3. The molecule has 0 radical (unpaired) electrons. The maximum atomic E-state index is 12.1. The molecule has 1 N–H and O–H groups in total. The summed E-state index contributed by atoms with van der Waals surface area (Å²) in [5.41, 5.74) is 0. The van der Waals surface area contributed by atoms with E-state index < -0.39 is 37.0 Å². The highest BCUT2D eigenvalue weighted by atomic mass is 19.4. The molecule has 116 valence electrons. The largest absolute Gasteiger partial charge is 0.471 e. The smallest absolute Gasteiger partial charge is 0.467 e. The highest BCUT2D eigenvalue weighted by Crippen LogP contribution is 2.16. The number of carbonyl (C=O) groups is 2. The predicted molar refractivity (Wildman–Crippen MR) is 59.5 cm³/mol. The number of amides is 1. The third-order valence-electron chi connectivity index (χ3n) is 2.64. The summed E-state index contributed by atoms with van der Waals surface area (Å²) in [6.07, 6.45) is -3.33. The Morgan fingerprint density at radius 2 is 2.10 bits per heavy atom. The van der Waals surface area contributed by atoms with Crippen LogP contribution in [0.3, 0.4) is 0 Å². The van der Waals surface area contributed by atoms with Gasteiger partial charge >= 0.3 is 18.1 Å². The van der Waals surface area contributed by atoms with Gasteiger partial charge in [0.05, 0.1) is 13.7 Å². The number of alkyl halides is 3. The number of ether oxygens (including phenoxy) is 3. The number of hydrogen-bond donors (Lipinski definition) is 1. The van der Waals surface area contributed by atoms with Crippen LogP contribution in [0.5, 0.6) is 0 Å². The summed E-state index contributed by atoms with van der Waals surface area (Å²) >= 11 is 0. The van der Waals surface area contributed by atoms with Gasteiger partial charge in [-0.15, -0.1) is 0 Å². The standard InChI is InChI=1S/C11H16F3NO5/c1-18-9(16)7(15-10(17)11(12,13)14)6-20-8-4-2-3-5-19-8/h7-8H,2-6H2,1H3,(H,15,17). The third kappa shape index (κ3) is 5.33. The Labute approximate surface area is 113 Å². The zero-order chi connectivity index (χ0) is 15.2. The van der Waals surface area contributed by atoms with Crippen molar-refractivity contribution in [2.24, 2.45) is 0 Å². The minimum absolute atomic E-state index is 0.445. The molecule has 0 saturated carbocycles. The zero-order valence-electron chi connectivity index (χ0n) is 10.9. The lowest BCUT2D eigenvalue weighted by molar-refractivity contribution is -0.183. The van der Waals surface area contributed by atoms with Gasteiger partial charge in [0.15, 0.2) is 12.3 Å². The first-order valence-corrected chi connectivity index (χ1v) is 6.03. The summed E-state index contributed by atoms with van der Waals surface area (Å²) in [5, 5.41) is 1.53. The van der Waals surface area contributed by atoms with Crippen LogP contribution < -0.4 is 5.32 Å². The summed E-state index contributed by atoms with van der Waals surface area (Å²) in [6, 6.07) is -1.53. The summed E-state index contributed by atoms with van der Waals surface area (Å²) in [4.78, 5) is 22.1. The first-order chi connectivity index (χ1) is 9.34. The number of methoxy groups -OCH3 is 1. The van der Waals surface area contributed by atoms with Crippen LogP contribution in [0, 0.1) is 0 Å². The van der Waals surface area contributed by atoms with E-state index in [2.05, 4.69) is 4.74 Å². The van der Waals surface area contributed by atoms with E-state index in [-0.39, 0.29) is 0 Å². The number of rotatable bonds is 5. The monoisotopic (exact) mass is 299 g/mol. The number of carbonyl (C=O) groups excluding carboxylic acids is 2. The summed E-state index contributed by atoms with van der Waals surface area (Å²) in [5.74, 6) is -3.24. The lowest BCUT2D eigenvalue weighted by Gasteiger charge is -2.25. The fourth-order valence-electron chi connectivity index (χ4n) is 1.60. The van der Waals surface area contributed by atoms with Crippen molar-refractivity contribution in [2.75, 3.05) is 20.3 Å². The molecule has 0 aromatic heterocycles. The van der Waals surface area contributed by atoms with Crippen LogP contribution in [0.25, 0.3) is 0 Å². The molecule has 6 nitrogen and oxygen atoms in total. The normalized spacial score (nSPS) is 21.1. The first-order valence-electron chi connectivity index (χ1n) is 6.03. The van der Waals surface area contributed by atoms with Crippen molar-refractivity contribution < 1.29 is 37.0 Å². The highest BCUT2D eigenvalue weighted by molar-refractivity contribution is 5.87. The van der Waals surface area contributed by atoms with Crippen LogP contribution >= 0.6 is 0 Å². The predicted octanol–water partition coefficient (Wildman–Crippen LogP) is 0.750. The minimum atomic E-state index is -5.08. The molecule has 2 atom stereocenters. The Hall–Kier alpha value is -1.35. The van der Waals surface area contributed by atoms with Crippen LogP contribution in [-0.4, -0.2) is 50.7 Å². The second-order valence-electron chi connectivity index (χ2n) is 4.18.